The van der Waals surface area contributed by atoms with Gasteiger partial charge in [-0.25, -0.2) is 13.4 Å². The number of hydrogen-bond donors (Lipinski definition) is 1. The van der Waals surface area contributed by atoms with Crippen molar-refractivity contribution >= 4 is 58.0 Å². The smallest absolute Gasteiger partial charge is 0.261 e. The zero-order chi connectivity index (χ0) is 14.0. The van der Waals surface area contributed by atoms with Crippen molar-refractivity contribution in [2.45, 2.75) is 4.90 Å². The monoisotopic (exact) mass is 380 g/mol. The second kappa shape index (κ2) is 5.58. The molecule has 0 aliphatic carbocycles. The van der Waals surface area contributed by atoms with Crippen molar-refractivity contribution in [1.29, 1.82) is 0 Å². The number of halogens is 2. The standard InChI is InChI=1S/C10H6BrClN2O3S2/c11-8-2-1-6(19(12,16)17)5-7(8)9(15)14-10-13-3-4-18-10/h1-5H,(H,13,14,15). The molecule has 1 aromatic heterocycles. The Labute approximate surface area is 126 Å². The summed E-state index contributed by atoms with van der Waals surface area (Å²) in [5, 5.41) is 4.70. The minimum absolute atomic E-state index is 0.137. The highest BCUT2D eigenvalue weighted by Gasteiger charge is 2.17. The number of carbonyl (C=O) groups excluding carboxylic acids is 1. The van der Waals surface area contributed by atoms with E-state index in [-0.39, 0.29) is 10.5 Å². The maximum atomic E-state index is 12.0. The van der Waals surface area contributed by atoms with Gasteiger partial charge in [0, 0.05) is 26.7 Å². The van der Waals surface area contributed by atoms with E-state index in [9.17, 15) is 13.2 Å². The van der Waals surface area contributed by atoms with Gasteiger partial charge in [-0.05, 0) is 34.1 Å². The molecule has 0 atom stereocenters. The van der Waals surface area contributed by atoms with Gasteiger partial charge in [-0.1, -0.05) is 0 Å². The quantitative estimate of drug-likeness (QED) is 0.829. The lowest BCUT2D eigenvalue weighted by Crippen LogP contribution is -2.13. The van der Waals surface area contributed by atoms with Crippen LogP contribution in [-0.4, -0.2) is 19.3 Å². The summed E-state index contributed by atoms with van der Waals surface area (Å²) < 4.78 is 23.0. The fourth-order valence-electron chi connectivity index (χ4n) is 1.28. The number of rotatable bonds is 3. The van der Waals surface area contributed by atoms with Crippen LogP contribution < -0.4 is 5.32 Å². The van der Waals surface area contributed by atoms with Gasteiger partial charge in [0.2, 0.25) is 0 Å². The maximum Gasteiger partial charge on any atom is 0.261 e. The van der Waals surface area contributed by atoms with Crippen LogP contribution in [0.2, 0.25) is 0 Å². The molecule has 5 nitrogen and oxygen atoms in total. The van der Waals surface area contributed by atoms with Crippen molar-refractivity contribution in [2.24, 2.45) is 0 Å². The predicted molar refractivity (Wildman–Crippen MR) is 77.2 cm³/mol. The van der Waals surface area contributed by atoms with Crippen LogP contribution in [0.3, 0.4) is 0 Å². The van der Waals surface area contributed by atoms with Gasteiger partial charge in [0.05, 0.1) is 10.5 Å². The van der Waals surface area contributed by atoms with Gasteiger partial charge in [-0.2, -0.15) is 0 Å². The number of thiazole rings is 1. The Hall–Kier alpha value is -0.960. The van der Waals surface area contributed by atoms with Crippen molar-refractivity contribution < 1.29 is 13.2 Å². The Morgan fingerprint density at radius 1 is 1.42 bits per heavy atom. The first-order chi connectivity index (χ1) is 8.88. The lowest BCUT2D eigenvalue weighted by molar-refractivity contribution is 0.102. The van der Waals surface area contributed by atoms with Crippen LogP contribution in [0.4, 0.5) is 5.13 Å². The summed E-state index contributed by atoms with van der Waals surface area (Å²) in [6, 6.07) is 3.97. The highest BCUT2D eigenvalue weighted by Crippen LogP contribution is 2.24. The molecule has 0 unspecified atom stereocenters. The van der Waals surface area contributed by atoms with Crippen molar-refractivity contribution in [1.82, 2.24) is 4.98 Å². The second-order valence-corrected chi connectivity index (χ2v) is 7.69. The minimum Gasteiger partial charge on any atom is -0.298 e. The minimum atomic E-state index is -3.88. The third-order valence-corrected chi connectivity index (χ3v) is 4.85. The molecule has 1 N–H and O–H groups in total. The zero-order valence-electron chi connectivity index (χ0n) is 9.13. The molecule has 0 bridgehead atoms. The van der Waals surface area contributed by atoms with Crippen LogP contribution in [0.5, 0.6) is 0 Å². The molecule has 9 heteroatoms. The summed E-state index contributed by atoms with van der Waals surface area (Å²) in [5.74, 6) is -0.469. The summed E-state index contributed by atoms with van der Waals surface area (Å²) in [4.78, 5) is 15.8. The molecule has 19 heavy (non-hydrogen) atoms. The number of carbonyl (C=O) groups is 1. The molecule has 0 spiro atoms. The molecule has 0 aliphatic heterocycles. The lowest BCUT2D eigenvalue weighted by atomic mass is 10.2. The number of nitrogens with one attached hydrogen (secondary N) is 1. The van der Waals surface area contributed by atoms with Crippen LogP contribution in [0.25, 0.3) is 0 Å². The van der Waals surface area contributed by atoms with Gasteiger partial charge in [-0.3, -0.25) is 10.1 Å². The van der Waals surface area contributed by atoms with E-state index in [1.54, 1.807) is 11.6 Å². The Balaban J connectivity index is 2.36. The van der Waals surface area contributed by atoms with Crippen LogP contribution in [0.1, 0.15) is 10.4 Å². The van der Waals surface area contributed by atoms with Crippen LogP contribution in [-0.2, 0) is 9.05 Å². The first kappa shape index (κ1) is 14.4. The number of anilines is 1. The van der Waals surface area contributed by atoms with E-state index in [4.69, 9.17) is 10.7 Å². The first-order valence-electron chi connectivity index (χ1n) is 4.83. The van der Waals surface area contributed by atoms with Crippen LogP contribution >= 0.6 is 37.9 Å². The van der Waals surface area contributed by atoms with Crippen LogP contribution in [0, 0.1) is 0 Å². The summed E-state index contributed by atoms with van der Waals surface area (Å²) in [5.41, 5.74) is 0.164. The Kier molecular flexibility index (Phi) is 4.24. The van der Waals surface area contributed by atoms with Gasteiger partial charge in [0.1, 0.15) is 0 Å². The zero-order valence-corrected chi connectivity index (χ0v) is 13.1. The van der Waals surface area contributed by atoms with Crippen molar-refractivity contribution in [3.8, 4) is 0 Å². The Morgan fingerprint density at radius 3 is 2.74 bits per heavy atom. The molecule has 0 fully saturated rings. The van der Waals surface area contributed by atoms with E-state index < -0.39 is 15.0 Å². The first-order valence-corrected chi connectivity index (χ1v) is 8.81. The SMILES string of the molecule is O=C(Nc1nccs1)c1cc(S(=O)(=O)Cl)ccc1Br. The Morgan fingerprint density at radius 2 is 2.16 bits per heavy atom. The van der Waals surface area contributed by atoms with Gasteiger partial charge in [0.15, 0.2) is 5.13 Å². The molecule has 1 aromatic carbocycles. The number of amides is 1. The van der Waals surface area contributed by atoms with Crippen molar-refractivity contribution in [3.63, 3.8) is 0 Å². The average Bonchev–Trinajstić information content (AvgIpc) is 2.80. The Bertz CT molecular complexity index is 716. The van der Waals surface area contributed by atoms with E-state index in [2.05, 4.69) is 26.2 Å². The third kappa shape index (κ3) is 3.53. The molecule has 2 rings (SSSR count). The second-order valence-electron chi connectivity index (χ2n) is 3.37. The highest BCUT2D eigenvalue weighted by molar-refractivity contribution is 9.10. The third-order valence-electron chi connectivity index (χ3n) is 2.12. The molecule has 1 amide bonds. The fraction of sp³-hybridized carbons (Fsp3) is 0. The number of aromatic nitrogens is 1. The highest BCUT2D eigenvalue weighted by atomic mass is 79.9. The average molecular weight is 382 g/mol. The molecule has 1 heterocycles. The predicted octanol–water partition coefficient (Wildman–Crippen LogP) is 3.09. The molecule has 2 aromatic rings. The summed E-state index contributed by atoms with van der Waals surface area (Å²) in [6.45, 7) is 0. The molecule has 100 valence electrons. The topological polar surface area (TPSA) is 76.1 Å². The number of benzene rings is 1. The normalized spacial score (nSPS) is 11.3. The van der Waals surface area contributed by atoms with E-state index in [0.717, 1.165) is 0 Å². The summed E-state index contributed by atoms with van der Waals surface area (Å²) in [6.07, 6.45) is 1.55. The summed E-state index contributed by atoms with van der Waals surface area (Å²) in [7, 11) is 1.37. The maximum absolute atomic E-state index is 12.0. The van der Waals surface area contributed by atoms with Crippen molar-refractivity contribution in [3.05, 3.63) is 39.8 Å². The van der Waals surface area contributed by atoms with Crippen molar-refractivity contribution in [2.75, 3.05) is 5.32 Å². The fourth-order valence-corrected chi connectivity index (χ4v) is 3.01. The molecular weight excluding hydrogens is 376 g/mol. The molecular formula is C10H6BrClN2O3S2. The van der Waals surface area contributed by atoms with Crippen LogP contribution in [0.15, 0.2) is 39.1 Å². The molecule has 0 radical (unpaired) electrons. The van der Waals surface area contributed by atoms with E-state index in [1.807, 2.05) is 0 Å². The molecule has 0 aliphatic rings. The number of hydrogen-bond acceptors (Lipinski definition) is 5. The summed E-state index contributed by atoms with van der Waals surface area (Å²) >= 11 is 4.44. The van der Waals surface area contributed by atoms with E-state index in [1.165, 1.54) is 29.5 Å². The molecule has 0 saturated heterocycles. The van der Waals surface area contributed by atoms with Gasteiger partial charge in [0.25, 0.3) is 15.0 Å². The lowest BCUT2D eigenvalue weighted by Gasteiger charge is -2.05. The van der Waals surface area contributed by atoms with E-state index >= 15 is 0 Å². The van der Waals surface area contributed by atoms with Gasteiger partial charge >= 0.3 is 0 Å². The largest absolute Gasteiger partial charge is 0.298 e. The molecule has 0 saturated carbocycles. The van der Waals surface area contributed by atoms with Gasteiger partial charge in [-0.15, -0.1) is 11.3 Å². The van der Waals surface area contributed by atoms with Gasteiger partial charge < -0.3 is 0 Å². The van der Waals surface area contributed by atoms with E-state index in [0.29, 0.717) is 9.60 Å². The number of nitrogens with zero attached hydrogens (tertiary/aromatic N) is 1.